The first-order valence-corrected chi connectivity index (χ1v) is 7.65. The maximum atomic E-state index is 11.7. The highest BCUT2D eigenvalue weighted by atomic mass is 35.5. The number of rotatable bonds is 2. The van der Waals surface area contributed by atoms with Crippen LogP contribution in [0.2, 0.25) is 0 Å². The van der Waals surface area contributed by atoms with Crippen LogP contribution in [-0.4, -0.2) is 20.6 Å². The molecule has 118 valence electrons. The zero-order chi connectivity index (χ0) is 16.4. The molecule has 0 aromatic rings. The van der Waals surface area contributed by atoms with E-state index in [1.54, 1.807) is 0 Å². The average Bonchev–Trinajstić information content (AvgIpc) is 2.44. The van der Waals surface area contributed by atoms with Crippen molar-refractivity contribution in [2.75, 3.05) is 0 Å². The molecule has 0 fully saturated rings. The summed E-state index contributed by atoms with van der Waals surface area (Å²) in [7, 11) is 0. The number of hydrogen-bond acceptors (Lipinski definition) is 4. The fraction of sp³-hybridized carbons (Fsp3) is 0.286. The molecular weight excluding hydrogens is 374 g/mol. The van der Waals surface area contributed by atoms with Gasteiger partial charge in [-0.15, -0.1) is 0 Å². The molecule has 0 aliphatic heterocycles. The monoisotopic (exact) mass is 382 g/mol. The molecular formula is C14H10Cl4O4. The van der Waals surface area contributed by atoms with Crippen LogP contribution in [0, 0.1) is 11.8 Å². The van der Waals surface area contributed by atoms with E-state index in [4.69, 9.17) is 46.4 Å². The summed E-state index contributed by atoms with van der Waals surface area (Å²) < 4.78 is -2.30. The van der Waals surface area contributed by atoms with Gasteiger partial charge in [-0.05, 0) is 24.3 Å². The molecule has 4 nitrogen and oxygen atoms in total. The Labute approximate surface area is 146 Å². The van der Waals surface area contributed by atoms with Crippen LogP contribution in [0.25, 0.3) is 0 Å². The Bertz CT molecular complexity index is 506. The van der Waals surface area contributed by atoms with Crippen LogP contribution < -0.4 is 0 Å². The molecule has 0 N–H and O–H groups in total. The SMILES string of the molecule is O=C(OOC(=O)C1C=CC(Cl)(Cl)C=C1)C1C=CC(Cl)(Cl)C=C1. The molecule has 0 unspecified atom stereocenters. The molecule has 0 spiro atoms. The smallest absolute Gasteiger partial charge is 0.246 e. The van der Waals surface area contributed by atoms with E-state index in [-0.39, 0.29) is 0 Å². The third-order valence-corrected chi connectivity index (χ3v) is 3.86. The van der Waals surface area contributed by atoms with Gasteiger partial charge in [-0.1, -0.05) is 70.7 Å². The molecule has 0 saturated carbocycles. The minimum atomic E-state index is -1.15. The molecule has 0 saturated heterocycles. The number of halogens is 4. The molecule has 0 heterocycles. The average molecular weight is 384 g/mol. The van der Waals surface area contributed by atoms with E-state index in [1.807, 2.05) is 0 Å². The van der Waals surface area contributed by atoms with Crippen molar-refractivity contribution in [2.24, 2.45) is 11.8 Å². The first kappa shape index (κ1) is 17.4. The number of allylic oxidation sites excluding steroid dienone is 4. The maximum Gasteiger partial charge on any atom is 0.366 e. The normalized spacial score (nSPS) is 22.5. The summed E-state index contributed by atoms with van der Waals surface area (Å²) >= 11 is 23.2. The molecule has 0 aromatic carbocycles. The number of carbonyl (C=O) groups is 2. The molecule has 0 atom stereocenters. The van der Waals surface area contributed by atoms with E-state index < -0.39 is 32.4 Å². The highest BCUT2D eigenvalue weighted by molar-refractivity contribution is 6.51. The van der Waals surface area contributed by atoms with Gasteiger partial charge in [0.15, 0.2) is 8.67 Å². The summed E-state index contributed by atoms with van der Waals surface area (Å²) in [5.74, 6) is -2.99. The van der Waals surface area contributed by atoms with Gasteiger partial charge in [0.2, 0.25) is 0 Å². The second-order valence-electron chi connectivity index (χ2n) is 4.64. The maximum absolute atomic E-state index is 11.7. The summed E-state index contributed by atoms with van der Waals surface area (Å²) in [5, 5.41) is 0. The fourth-order valence-corrected chi connectivity index (χ4v) is 2.26. The summed E-state index contributed by atoms with van der Waals surface area (Å²) in [6.45, 7) is 0. The second kappa shape index (κ2) is 6.67. The Morgan fingerprint density at radius 3 is 1.23 bits per heavy atom. The highest BCUT2D eigenvalue weighted by Gasteiger charge is 2.28. The van der Waals surface area contributed by atoms with E-state index in [1.165, 1.54) is 48.6 Å². The van der Waals surface area contributed by atoms with Crippen molar-refractivity contribution in [2.45, 2.75) is 8.67 Å². The lowest BCUT2D eigenvalue weighted by molar-refractivity contribution is -0.261. The zero-order valence-corrected chi connectivity index (χ0v) is 13.9. The quantitative estimate of drug-likeness (QED) is 0.315. The Hall–Kier alpha value is -0.940. The molecule has 0 bridgehead atoms. The van der Waals surface area contributed by atoms with Crippen LogP contribution >= 0.6 is 46.4 Å². The number of alkyl halides is 4. The first-order valence-electron chi connectivity index (χ1n) is 6.14. The van der Waals surface area contributed by atoms with Gasteiger partial charge in [0.25, 0.3) is 0 Å². The predicted molar refractivity (Wildman–Crippen MR) is 84.6 cm³/mol. The number of hydrogen-bond donors (Lipinski definition) is 0. The summed E-state index contributed by atoms with van der Waals surface area (Å²) in [6, 6.07) is 0. The van der Waals surface area contributed by atoms with Gasteiger partial charge in [0, 0.05) is 0 Å². The van der Waals surface area contributed by atoms with Gasteiger partial charge >= 0.3 is 11.9 Å². The molecule has 22 heavy (non-hydrogen) atoms. The Balaban J connectivity index is 1.84. The van der Waals surface area contributed by atoms with Crippen LogP contribution in [0.1, 0.15) is 0 Å². The predicted octanol–water partition coefficient (Wildman–Crippen LogP) is 3.82. The number of carbonyl (C=O) groups excluding carboxylic acids is 2. The summed E-state index contributed by atoms with van der Waals surface area (Å²) in [6.07, 6.45) is 11.5. The van der Waals surface area contributed by atoms with Crippen LogP contribution in [0.15, 0.2) is 48.6 Å². The second-order valence-corrected chi connectivity index (χ2v) is 7.53. The molecule has 0 radical (unpaired) electrons. The standard InChI is InChI=1S/C14H10Cl4O4/c15-13(16)5-1-9(2-6-13)11(19)21-22-12(20)10-3-7-14(17,18)8-4-10/h1-10H. The minimum Gasteiger partial charge on any atom is -0.246 e. The van der Waals surface area contributed by atoms with Crippen molar-refractivity contribution >= 4 is 58.3 Å². The van der Waals surface area contributed by atoms with Crippen LogP contribution in [0.3, 0.4) is 0 Å². The lowest BCUT2D eigenvalue weighted by atomic mass is 10.0. The first-order chi connectivity index (χ1) is 10.2. The lowest BCUT2D eigenvalue weighted by Crippen LogP contribution is -2.24. The molecule has 2 aliphatic rings. The summed E-state index contributed by atoms with van der Waals surface area (Å²) in [5.41, 5.74) is 0. The van der Waals surface area contributed by atoms with Crippen molar-refractivity contribution in [3.8, 4) is 0 Å². The van der Waals surface area contributed by atoms with Crippen molar-refractivity contribution < 1.29 is 19.4 Å². The van der Waals surface area contributed by atoms with Crippen LogP contribution in [0.5, 0.6) is 0 Å². The van der Waals surface area contributed by atoms with E-state index in [2.05, 4.69) is 9.78 Å². The largest absolute Gasteiger partial charge is 0.366 e. The topological polar surface area (TPSA) is 52.6 Å². The lowest BCUT2D eigenvalue weighted by Gasteiger charge is -2.18. The molecule has 2 rings (SSSR count). The highest BCUT2D eigenvalue weighted by Crippen LogP contribution is 2.31. The zero-order valence-electron chi connectivity index (χ0n) is 10.9. The van der Waals surface area contributed by atoms with E-state index in [0.717, 1.165) is 0 Å². The van der Waals surface area contributed by atoms with Gasteiger partial charge in [0.1, 0.15) is 0 Å². The Kier molecular flexibility index (Phi) is 5.28. The van der Waals surface area contributed by atoms with Crippen LogP contribution in [0.4, 0.5) is 0 Å². The van der Waals surface area contributed by atoms with E-state index in [9.17, 15) is 9.59 Å². The Morgan fingerprint density at radius 2 is 0.955 bits per heavy atom. The van der Waals surface area contributed by atoms with E-state index in [0.29, 0.717) is 0 Å². The van der Waals surface area contributed by atoms with Crippen molar-refractivity contribution in [3.63, 3.8) is 0 Å². The van der Waals surface area contributed by atoms with Gasteiger partial charge in [-0.3, -0.25) is 0 Å². The fourth-order valence-electron chi connectivity index (χ4n) is 1.67. The molecule has 2 aliphatic carbocycles. The van der Waals surface area contributed by atoms with Gasteiger partial charge in [-0.2, -0.15) is 0 Å². The Morgan fingerprint density at radius 1 is 0.682 bits per heavy atom. The molecule has 8 heteroatoms. The van der Waals surface area contributed by atoms with Gasteiger partial charge in [-0.25, -0.2) is 19.4 Å². The van der Waals surface area contributed by atoms with Crippen molar-refractivity contribution in [1.29, 1.82) is 0 Å². The van der Waals surface area contributed by atoms with Crippen molar-refractivity contribution in [1.82, 2.24) is 0 Å². The third kappa shape index (κ3) is 4.78. The van der Waals surface area contributed by atoms with Crippen molar-refractivity contribution in [3.05, 3.63) is 48.6 Å². The molecule has 0 amide bonds. The van der Waals surface area contributed by atoms with Crippen LogP contribution in [-0.2, 0) is 19.4 Å². The minimum absolute atomic E-state index is 0.728. The van der Waals surface area contributed by atoms with E-state index >= 15 is 0 Å². The molecule has 0 aromatic heterocycles. The van der Waals surface area contributed by atoms with Gasteiger partial charge in [0.05, 0.1) is 11.8 Å². The third-order valence-electron chi connectivity index (χ3n) is 2.85. The summed E-state index contributed by atoms with van der Waals surface area (Å²) in [4.78, 5) is 32.5. The van der Waals surface area contributed by atoms with Gasteiger partial charge < -0.3 is 0 Å².